The van der Waals surface area contributed by atoms with Crippen LogP contribution in [0.4, 0.5) is 5.13 Å². The fourth-order valence-corrected chi connectivity index (χ4v) is 7.59. The minimum atomic E-state index is -3.62. The van der Waals surface area contributed by atoms with Crippen molar-refractivity contribution >= 4 is 42.6 Å². The molecule has 0 aliphatic carbocycles. The van der Waals surface area contributed by atoms with E-state index >= 15 is 0 Å². The molecular weight excluding hydrogens is 508 g/mol. The number of methoxy groups -OCH3 is 1. The van der Waals surface area contributed by atoms with Crippen molar-refractivity contribution in [3.05, 3.63) is 47.5 Å². The zero-order chi connectivity index (χ0) is 26.9. The maximum Gasteiger partial charge on any atom is 0.260 e. The molecule has 0 N–H and O–H groups in total. The Labute approximate surface area is 223 Å². The maximum atomic E-state index is 13.7. The first-order valence-corrected chi connectivity index (χ1v) is 14.8. The van der Waals surface area contributed by atoms with Gasteiger partial charge < -0.3 is 9.64 Å². The largest absolute Gasteiger partial charge is 0.494 e. The third-order valence-corrected chi connectivity index (χ3v) is 9.79. The van der Waals surface area contributed by atoms with Gasteiger partial charge in [0.2, 0.25) is 10.0 Å². The van der Waals surface area contributed by atoms with Crippen LogP contribution in [0, 0.1) is 18.8 Å². The van der Waals surface area contributed by atoms with E-state index in [1.54, 1.807) is 40.6 Å². The molecule has 1 fully saturated rings. The van der Waals surface area contributed by atoms with Crippen molar-refractivity contribution in [3.63, 3.8) is 0 Å². The minimum absolute atomic E-state index is 0.213. The molecule has 1 saturated heterocycles. The Bertz CT molecular complexity index is 1360. The lowest BCUT2D eigenvalue weighted by atomic mass is 9.94. The number of carbonyl (C=O) groups excluding carboxylic acids is 1. The third kappa shape index (κ3) is 5.82. The summed E-state index contributed by atoms with van der Waals surface area (Å²) in [6, 6.07) is 10.2. The molecule has 0 bridgehead atoms. The second-order valence-corrected chi connectivity index (χ2v) is 13.2. The number of aryl methyl sites for hydroxylation is 1. The van der Waals surface area contributed by atoms with Crippen molar-refractivity contribution in [2.45, 2.75) is 32.1 Å². The summed E-state index contributed by atoms with van der Waals surface area (Å²) in [6.45, 7) is 8.31. The molecule has 1 aliphatic rings. The average molecular weight is 545 g/mol. The zero-order valence-electron chi connectivity index (χ0n) is 22.4. The summed E-state index contributed by atoms with van der Waals surface area (Å²) in [5.74, 6) is 1.09. The Balaban J connectivity index is 1.64. The maximum absolute atomic E-state index is 13.7. The van der Waals surface area contributed by atoms with Crippen molar-refractivity contribution in [1.29, 1.82) is 0 Å². The van der Waals surface area contributed by atoms with E-state index in [1.807, 2.05) is 38.1 Å². The Morgan fingerprint density at radius 1 is 1.08 bits per heavy atom. The number of ether oxygens (including phenoxy) is 1. The van der Waals surface area contributed by atoms with Gasteiger partial charge in [-0.3, -0.25) is 9.69 Å². The lowest BCUT2D eigenvalue weighted by molar-refractivity contribution is 0.0985. The fraction of sp³-hybridized carbons (Fsp3) is 0.481. The summed E-state index contributed by atoms with van der Waals surface area (Å²) in [4.78, 5) is 22.4. The summed E-state index contributed by atoms with van der Waals surface area (Å²) in [5, 5.41) is 0.586. The van der Waals surface area contributed by atoms with E-state index in [0.29, 0.717) is 54.5 Å². The van der Waals surface area contributed by atoms with Gasteiger partial charge in [0.1, 0.15) is 11.3 Å². The molecule has 37 heavy (non-hydrogen) atoms. The van der Waals surface area contributed by atoms with Gasteiger partial charge in [0.25, 0.3) is 5.91 Å². The van der Waals surface area contributed by atoms with Gasteiger partial charge in [-0.2, -0.15) is 4.31 Å². The second-order valence-electron chi connectivity index (χ2n) is 10.3. The van der Waals surface area contributed by atoms with Gasteiger partial charge in [0, 0.05) is 31.7 Å². The van der Waals surface area contributed by atoms with Crippen LogP contribution >= 0.6 is 11.3 Å². The van der Waals surface area contributed by atoms with Crippen LogP contribution in [0.2, 0.25) is 0 Å². The van der Waals surface area contributed by atoms with E-state index < -0.39 is 10.0 Å². The predicted molar refractivity (Wildman–Crippen MR) is 149 cm³/mol. The lowest BCUT2D eigenvalue weighted by Gasteiger charge is -2.34. The van der Waals surface area contributed by atoms with Gasteiger partial charge in [0.15, 0.2) is 5.13 Å². The summed E-state index contributed by atoms with van der Waals surface area (Å²) < 4.78 is 34.6. The standard InChI is InChI=1S/C27H36N4O4S2/c1-18-15-19(2)17-30(16-18)37(33,34)22-10-8-21(9-11-22)26(32)31(14-13-29(4)5)27-28-24-23(35-6)12-7-20(3)25(24)36-27/h7-12,18-19H,13-17H2,1-6H3. The Morgan fingerprint density at radius 3 is 2.32 bits per heavy atom. The molecule has 1 aliphatic heterocycles. The number of benzene rings is 2. The quantitative estimate of drug-likeness (QED) is 0.416. The molecule has 0 radical (unpaired) electrons. The van der Waals surface area contributed by atoms with Crippen LogP contribution < -0.4 is 9.64 Å². The normalized spacial score (nSPS) is 18.9. The van der Waals surface area contributed by atoms with Crippen LogP contribution in [0.25, 0.3) is 10.2 Å². The molecule has 4 rings (SSSR count). The van der Waals surface area contributed by atoms with Crippen molar-refractivity contribution in [2.75, 3.05) is 52.3 Å². The molecule has 2 unspecified atom stereocenters. The number of fused-ring (bicyclic) bond motifs is 1. The Hall–Kier alpha value is -2.53. The molecule has 1 aromatic heterocycles. The Kier molecular flexibility index (Phi) is 8.23. The van der Waals surface area contributed by atoms with Crippen LogP contribution in [-0.4, -0.2) is 75.9 Å². The van der Waals surface area contributed by atoms with Crippen LogP contribution in [0.15, 0.2) is 41.3 Å². The number of amides is 1. The summed E-state index contributed by atoms with van der Waals surface area (Å²) in [5.41, 5.74) is 2.22. The van der Waals surface area contributed by atoms with Crippen LogP contribution in [0.3, 0.4) is 0 Å². The molecule has 3 aromatic rings. The Morgan fingerprint density at radius 2 is 1.73 bits per heavy atom. The second kappa shape index (κ2) is 11.1. The molecular formula is C27H36N4O4S2. The van der Waals surface area contributed by atoms with E-state index in [-0.39, 0.29) is 10.8 Å². The minimum Gasteiger partial charge on any atom is -0.494 e. The van der Waals surface area contributed by atoms with Gasteiger partial charge in [-0.25, -0.2) is 13.4 Å². The van der Waals surface area contributed by atoms with Crippen LogP contribution in [-0.2, 0) is 10.0 Å². The molecule has 2 atom stereocenters. The van der Waals surface area contributed by atoms with Crippen LogP contribution in [0.5, 0.6) is 5.75 Å². The van der Waals surface area contributed by atoms with Crippen molar-refractivity contribution in [3.8, 4) is 5.75 Å². The molecule has 2 heterocycles. The molecule has 0 saturated carbocycles. The van der Waals surface area contributed by atoms with Gasteiger partial charge in [-0.05, 0) is 75.2 Å². The zero-order valence-corrected chi connectivity index (χ0v) is 24.0. The van der Waals surface area contributed by atoms with E-state index in [1.165, 1.54) is 11.3 Å². The summed E-state index contributed by atoms with van der Waals surface area (Å²) in [7, 11) is 1.90. The number of thiazole rings is 1. The SMILES string of the molecule is COc1ccc(C)c2sc(N(CCN(C)C)C(=O)c3ccc(S(=O)(=O)N4CC(C)CC(C)C4)cc3)nc12. The fourth-order valence-electron chi connectivity index (χ4n) is 4.84. The van der Waals surface area contributed by atoms with E-state index in [4.69, 9.17) is 9.72 Å². The van der Waals surface area contributed by atoms with Crippen molar-refractivity contribution in [1.82, 2.24) is 14.2 Å². The van der Waals surface area contributed by atoms with E-state index in [2.05, 4.69) is 13.8 Å². The van der Waals surface area contributed by atoms with E-state index in [9.17, 15) is 13.2 Å². The first-order valence-electron chi connectivity index (χ1n) is 12.5. The molecule has 2 aromatic carbocycles. The molecule has 10 heteroatoms. The predicted octanol–water partition coefficient (Wildman–Crippen LogP) is 4.49. The number of anilines is 1. The number of rotatable bonds is 8. The van der Waals surface area contributed by atoms with Gasteiger partial charge in [-0.15, -0.1) is 0 Å². The number of carbonyl (C=O) groups is 1. The summed E-state index contributed by atoms with van der Waals surface area (Å²) >= 11 is 1.46. The van der Waals surface area contributed by atoms with Crippen molar-refractivity contribution in [2.24, 2.45) is 11.8 Å². The highest BCUT2D eigenvalue weighted by Gasteiger charge is 2.32. The average Bonchev–Trinajstić information content (AvgIpc) is 3.29. The number of hydrogen-bond donors (Lipinski definition) is 0. The van der Waals surface area contributed by atoms with Crippen LogP contribution in [0.1, 0.15) is 36.2 Å². The van der Waals surface area contributed by atoms with E-state index in [0.717, 1.165) is 22.2 Å². The number of nitrogens with zero attached hydrogens (tertiary/aromatic N) is 4. The van der Waals surface area contributed by atoms with Crippen molar-refractivity contribution < 1.29 is 17.9 Å². The van der Waals surface area contributed by atoms with Gasteiger partial charge in [0.05, 0.1) is 16.7 Å². The molecule has 0 spiro atoms. The number of aromatic nitrogens is 1. The lowest BCUT2D eigenvalue weighted by Crippen LogP contribution is -2.42. The molecule has 8 nitrogen and oxygen atoms in total. The highest BCUT2D eigenvalue weighted by Crippen LogP contribution is 2.37. The first kappa shape index (κ1) is 27.5. The topological polar surface area (TPSA) is 83.0 Å². The number of piperidine rings is 1. The molecule has 200 valence electrons. The first-order chi connectivity index (χ1) is 17.5. The highest BCUT2D eigenvalue weighted by atomic mass is 32.2. The highest BCUT2D eigenvalue weighted by molar-refractivity contribution is 7.89. The van der Waals surface area contributed by atoms with Gasteiger partial charge in [-0.1, -0.05) is 31.3 Å². The summed E-state index contributed by atoms with van der Waals surface area (Å²) in [6.07, 6.45) is 1.03. The number of likely N-dealkylation sites (N-methyl/N-ethyl adjacent to an activating group) is 1. The smallest absolute Gasteiger partial charge is 0.260 e. The molecule has 1 amide bonds. The number of sulfonamides is 1. The van der Waals surface area contributed by atoms with Gasteiger partial charge >= 0.3 is 0 Å². The third-order valence-electron chi connectivity index (χ3n) is 6.73. The number of hydrogen-bond acceptors (Lipinski definition) is 7. The monoisotopic (exact) mass is 544 g/mol.